The van der Waals surface area contributed by atoms with Crippen molar-refractivity contribution >= 4 is 7.32 Å². The van der Waals surface area contributed by atoms with Crippen LogP contribution in [-0.4, -0.2) is 30.7 Å². The fraction of sp³-hybridized carbons (Fsp3) is 1.00. The molecule has 0 aromatic heterocycles. The molecule has 0 atom stereocenters. The third kappa shape index (κ3) is 15.9. The fourth-order valence-corrected chi connectivity index (χ4v) is 1.98. The van der Waals surface area contributed by atoms with Crippen LogP contribution in [0.4, 0.5) is 4.39 Å². The smallest absolute Gasteiger partial charge is 0.402 e. The van der Waals surface area contributed by atoms with Crippen molar-refractivity contribution in [1.82, 2.24) is 0 Å². The summed E-state index contributed by atoms with van der Waals surface area (Å²) >= 11 is 0. The normalized spacial score (nSPS) is 10.8. The Morgan fingerprint density at radius 1 is 0.667 bits per heavy atom. The first-order chi connectivity index (χ1) is 8.77. The lowest BCUT2D eigenvalue weighted by molar-refractivity contribution is 0.182. The summed E-state index contributed by atoms with van der Waals surface area (Å²) in [5, 5.41) is 16.9. The predicted octanol–water partition coefficient (Wildman–Crippen LogP) is 3.23. The van der Waals surface area contributed by atoms with E-state index in [1.807, 2.05) is 0 Å². The SMILES string of the molecule is OB(O)OCCCCCCCCCCCCCF. The Hall–Kier alpha value is -0.125. The van der Waals surface area contributed by atoms with E-state index >= 15 is 0 Å². The summed E-state index contributed by atoms with van der Waals surface area (Å²) in [4.78, 5) is 0. The molecule has 0 amide bonds. The van der Waals surface area contributed by atoms with Gasteiger partial charge in [-0.2, -0.15) is 0 Å². The highest BCUT2D eigenvalue weighted by molar-refractivity contribution is 6.32. The maximum Gasteiger partial charge on any atom is 0.633 e. The number of alkyl halides is 1. The van der Waals surface area contributed by atoms with Gasteiger partial charge in [0.25, 0.3) is 0 Å². The van der Waals surface area contributed by atoms with Crippen LogP contribution in [0.25, 0.3) is 0 Å². The van der Waals surface area contributed by atoms with E-state index in [2.05, 4.69) is 4.65 Å². The van der Waals surface area contributed by atoms with Crippen molar-refractivity contribution in [3.05, 3.63) is 0 Å². The van der Waals surface area contributed by atoms with Crippen molar-refractivity contribution in [1.29, 1.82) is 0 Å². The van der Waals surface area contributed by atoms with Gasteiger partial charge in [0.05, 0.1) is 6.67 Å². The monoisotopic (exact) mass is 262 g/mol. The Morgan fingerprint density at radius 2 is 1.06 bits per heavy atom. The molecule has 0 aliphatic rings. The third-order valence-electron chi connectivity index (χ3n) is 3.04. The summed E-state index contributed by atoms with van der Waals surface area (Å²) < 4.78 is 16.4. The summed E-state index contributed by atoms with van der Waals surface area (Å²) in [6.07, 6.45) is 12.4. The van der Waals surface area contributed by atoms with Crippen LogP contribution in [0, 0.1) is 0 Å². The number of hydrogen-bond acceptors (Lipinski definition) is 3. The van der Waals surface area contributed by atoms with E-state index in [-0.39, 0.29) is 6.67 Å². The molecule has 18 heavy (non-hydrogen) atoms. The van der Waals surface area contributed by atoms with E-state index in [0.29, 0.717) is 6.61 Å². The molecule has 0 bridgehead atoms. The maximum atomic E-state index is 11.8. The van der Waals surface area contributed by atoms with Gasteiger partial charge < -0.3 is 14.7 Å². The van der Waals surface area contributed by atoms with Gasteiger partial charge in [-0.1, -0.05) is 57.8 Å². The Balaban J connectivity index is 2.90. The molecule has 0 aliphatic heterocycles. The second-order valence-corrected chi connectivity index (χ2v) is 4.78. The van der Waals surface area contributed by atoms with E-state index in [9.17, 15) is 4.39 Å². The Kier molecular flexibility index (Phi) is 14.8. The lowest BCUT2D eigenvalue weighted by atomic mass is 10.1. The van der Waals surface area contributed by atoms with E-state index in [4.69, 9.17) is 10.0 Å². The van der Waals surface area contributed by atoms with Crippen molar-refractivity contribution in [2.45, 2.75) is 70.6 Å². The van der Waals surface area contributed by atoms with Crippen molar-refractivity contribution < 1.29 is 19.1 Å². The van der Waals surface area contributed by atoms with Crippen LogP contribution >= 0.6 is 0 Å². The molecule has 108 valence electrons. The van der Waals surface area contributed by atoms with Gasteiger partial charge in [-0.25, -0.2) is 0 Å². The van der Waals surface area contributed by atoms with Crippen LogP contribution in [0.3, 0.4) is 0 Å². The van der Waals surface area contributed by atoms with E-state index in [0.717, 1.165) is 25.7 Å². The highest BCUT2D eigenvalue weighted by Gasteiger charge is 2.06. The summed E-state index contributed by atoms with van der Waals surface area (Å²) in [6, 6.07) is 0. The minimum Gasteiger partial charge on any atom is -0.402 e. The first-order valence-corrected chi connectivity index (χ1v) is 7.31. The van der Waals surface area contributed by atoms with Crippen LogP contribution in [0.5, 0.6) is 0 Å². The number of rotatable bonds is 14. The first kappa shape index (κ1) is 17.9. The van der Waals surface area contributed by atoms with Crippen LogP contribution < -0.4 is 0 Å². The molecule has 2 N–H and O–H groups in total. The van der Waals surface area contributed by atoms with Crippen molar-refractivity contribution in [2.24, 2.45) is 0 Å². The molecule has 0 unspecified atom stereocenters. The van der Waals surface area contributed by atoms with Gasteiger partial charge >= 0.3 is 7.32 Å². The molecule has 3 nitrogen and oxygen atoms in total. The van der Waals surface area contributed by atoms with Gasteiger partial charge in [0, 0.05) is 6.61 Å². The molecule has 0 aromatic carbocycles. The average Bonchev–Trinajstić information content (AvgIpc) is 2.34. The topological polar surface area (TPSA) is 49.7 Å². The van der Waals surface area contributed by atoms with Gasteiger partial charge in [-0.05, 0) is 12.8 Å². The van der Waals surface area contributed by atoms with Crippen LogP contribution in [0.15, 0.2) is 0 Å². The second-order valence-electron chi connectivity index (χ2n) is 4.78. The van der Waals surface area contributed by atoms with Gasteiger partial charge in [0.15, 0.2) is 0 Å². The third-order valence-corrected chi connectivity index (χ3v) is 3.04. The van der Waals surface area contributed by atoms with Crippen molar-refractivity contribution in [3.63, 3.8) is 0 Å². The highest BCUT2D eigenvalue weighted by atomic mass is 19.1. The molecular formula is C13H28BFO3. The molecule has 5 heteroatoms. The molecule has 0 aromatic rings. The summed E-state index contributed by atoms with van der Waals surface area (Å²) in [6.45, 7) is 0.253. The zero-order valence-corrected chi connectivity index (χ0v) is 11.5. The van der Waals surface area contributed by atoms with Gasteiger partial charge in [0.1, 0.15) is 0 Å². The molecule has 0 fully saturated rings. The fourth-order valence-electron chi connectivity index (χ4n) is 1.98. The minimum absolute atomic E-state index is 0.170. The van der Waals surface area contributed by atoms with Gasteiger partial charge in [0.2, 0.25) is 0 Å². The van der Waals surface area contributed by atoms with Crippen molar-refractivity contribution in [3.8, 4) is 0 Å². The maximum absolute atomic E-state index is 11.8. The Bertz CT molecular complexity index is 159. The van der Waals surface area contributed by atoms with E-state index in [1.165, 1.54) is 44.9 Å². The zero-order valence-electron chi connectivity index (χ0n) is 11.5. The molecule has 0 heterocycles. The number of hydrogen-bond donors (Lipinski definition) is 2. The standard InChI is InChI=1S/C13H28BFO3/c15-12-10-8-6-4-2-1-3-5-7-9-11-13-18-14(16)17/h16-17H,1-13H2. The molecule has 0 radical (unpaired) electrons. The number of unbranched alkanes of at least 4 members (excludes halogenated alkanes) is 10. The molecule has 0 saturated heterocycles. The Morgan fingerprint density at radius 3 is 1.44 bits per heavy atom. The predicted molar refractivity (Wildman–Crippen MR) is 72.9 cm³/mol. The molecular weight excluding hydrogens is 234 g/mol. The molecule has 0 saturated carbocycles. The lowest BCUT2D eigenvalue weighted by Crippen LogP contribution is -2.17. The Labute approximate surface area is 111 Å². The van der Waals surface area contributed by atoms with Crippen LogP contribution in [-0.2, 0) is 4.65 Å². The van der Waals surface area contributed by atoms with E-state index in [1.54, 1.807) is 0 Å². The second kappa shape index (κ2) is 14.9. The summed E-state index contributed by atoms with van der Waals surface area (Å²) in [7, 11) is -1.62. The molecule has 0 aliphatic carbocycles. The lowest BCUT2D eigenvalue weighted by Gasteiger charge is -2.03. The molecule has 0 spiro atoms. The first-order valence-electron chi connectivity index (χ1n) is 7.31. The van der Waals surface area contributed by atoms with E-state index < -0.39 is 7.32 Å². The van der Waals surface area contributed by atoms with Crippen LogP contribution in [0.1, 0.15) is 70.6 Å². The largest absolute Gasteiger partial charge is 0.633 e. The quantitative estimate of drug-likeness (QED) is 0.373. The minimum atomic E-state index is -1.62. The van der Waals surface area contributed by atoms with Crippen molar-refractivity contribution in [2.75, 3.05) is 13.3 Å². The highest BCUT2D eigenvalue weighted by Crippen LogP contribution is 2.11. The summed E-state index contributed by atoms with van der Waals surface area (Å²) in [5.74, 6) is 0. The zero-order chi connectivity index (χ0) is 13.5. The average molecular weight is 262 g/mol. The van der Waals surface area contributed by atoms with Crippen LogP contribution in [0.2, 0.25) is 0 Å². The van der Waals surface area contributed by atoms with Gasteiger partial charge in [-0.3, -0.25) is 4.39 Å². The summed E-state index contributed by atoms with van der Waals surface area (Å²) in [5.41, 5.74) is 0. The number of halogens is 1. The molecule has 0 rings (SSSR count). The van der Waals surface area contributed by atoms with Gasteiger partial charge in [-0.15, -0.1) is 0 Å².